The Morgan fingerprint density at radius 3 is 0.859 bits per heavy atom. The van der Waals surface area contributed by atoms with Crippen LogP contribution < -0.4 is 42.4 Å². The first-order valence-corrected chi connectivity index (χ1v) is 44.6. The van der Waals surface area contributed by atoms with Crippen molar-refractivity contribution in [3.8, 4) is 0 Å². The molecule has 12 aliphatic heterocycles. The van der Waals surface area contributed by atoms with Gasteiger partial charge >= 0.3 is 12.4 Å². The van der Waals surface area contributed by atoms with Crippen molar-refractivity contribution in [2.75, 3.05) is 48.6 Å². The molecular formula is C106H64F6N22O8. The van der Waals surface area contributed by atoms with E-state index in [0.29, 0.717) is 90.0 Å². The molecule has 0 saturated carbocycles. The zero-order valence-corrected chi connectivity index (χ0v) is 74.8. The number of hydrogen-bond acceptors (Lipinski definition) is 24. The molecule has 8 amide bonds. The first-order chi connectivity index (χ1) is 68.4. The Kier molecular flexibility index (Phi) is 18.2. The predicted molar refractivity (Wildman–Crippen MR) is 516 cm³/mol. The van der Waals surface area contributed by atoms with Gasteiger partial charge in [0.05, 0.1) is 55.9 Å². The number of aliphatic imine (C=N–C) groups is 10. The van der Waals surface area contributed by atoms with Gasteiger partial charge in [-0.2, -0.15) is 26.3 Å². The zero-order chi connectivity index (χ0) is 97.7. The number of H-pyrrole nitrogens is 2. The number of nitrogens with zero attached hydrogens (tertiary/aromatic N) is 18. The van der Waals surface area contributed by atoms with Crippen LogP contribution in [-0.4, -0.2) is 166 Å². The van der Waals surface area contributed by atoms with Crippen LogP contribution in [0, 0.1) is 0 Å². The lowest BCUT2D eigenvalue weighted by Gasteiger charge is -2.33. The Bertz CT molecular complexity index is 9060. The first-order valence-electron chi connectivity index (χ1n) is 44.6. The van der Waals surface area contributed by atoms with Crippen LogP contribution in [0.4, 0.5) is 49.1 Å². The number of hydrogen-bond donors (Lipinski definition) is 4. The van der Waals surface area contributed by atoms with E-state index in [1.807, 2.05) is 141 Å². The lowest BCUT2D eigenvalue weighted by Crippen LogP contribution is -2.41. The molecule has 14 heterocycles. The minimum atomic E-state index is -4.96. The second kappa shape index (κ2) is 30.4. The molecule has 142 heavy (non-hydrogen) atoms. The van der Waals surface area contributed by atoms with Crippen LogP contribution in [0.5, 0.6) is 0 Å². The highest BCUT2D eigenvalue weighted by Gasteiger charge is 2.57. The molecular weight excluding hydrogens is 1820 g/mol. The average molecular weight is 1890 g/mol. The maximum absolute atomic E-state index is 15.4. The summed E-state index contributed by atoms with van der Waals surface area (Å²) in [5.74, 6) is -2.48. The molecule has 0 fully saturated rings. The lowest BCUT2D eigenvalue weighted by molar-refractivity contribution is -0.173. The molecule has 2 aromatic heterocycles. The molecule has 0 saturated heterocycles. The Labute approximate surface area is 796 Å². The maximum Gasteiger partial charge on any atom is 0.402 e. The number of carbonyl (C=O) groups is 8. The quantitative estimate of drug-likeness (QED) is 0.0822. The van der Waals surface area contributed by atoms with E-state index in [1.165, 1.54) is 38.4 Å². The number of imide groups is 4. The lowest BCUT2D eigenvalue weighted by atomic mass is 9.74. The largest absolute Gasteiger partial charge is 0.402 e. The van der Waals surface area contributed by atoms with Crippen molar-refractivity contribution in [2.45, 2.75) is 49.4 Å². The number of anilines is 4. The van der Waals surface area contributed by atoms with E-state index in [0.717, 1.165) is 149 Å². The summed E-state index contributed by atoms with van der Waals surface area (Å²) in [5.41, 5.74) is 3.62. The van der Waals surface area contributed by atoms with E-state index >= 15 is 26.3 Å². The Morgan fingerprint density at radius 2 is 0.521 bits per heavy atom. The topological polar surface area (TPSA) is 378 Å². The Hall–Kier alpha value is -18.6. The Balaban J connectivity index is 0.000000149. The van der Waals surface area contributed by atoms with Crippen LogP contribution in [0.15, 0.2) is 313 Å². The van der Waals surface area contributed by atoms with Crippen LogP contribution >= 0.6 is 0 Å². The highest BCUT2D eigenvalue weighted by molar-refractivity contribution is 6.37. The molecule has 16 bridgehead atoms. The van der Waals surface area contributed by atoms with Crippen molar-refractivity contribution in [3.63, 3.8) is 0 Å². The van der Waals surface area contributed by atoms with Gasteiger partial charge in [0.1, 0.15) is 32.8 Å². The van der Waals surface area contributed by atoms with Crippen molar-refractivity contribution >= 4 is 150 Å². The van der Waals surface area contributed by atoms with Gasteiger partial charge in [-0.25, -0.2) is 79.7 Å². The molecule has 30 nitrogen and oxygen atoms in total. The fourth-order valence-electron chi connectivity index (χ4n) is 20.0. The molecule has 12 aromatic carbocycles. The van der Waals surface area contributed by atoms with Gasteiger partial charge in [-0.3, -0.25) is 48.2 Å². The van der Waals surface area contributed by atoms with Gasteiger partial charge in [-0.05, 0) is 157 Å². The smallest absolute Gasteiger partial charge is 0.388 e. The summed E-state index contributed by atoms with van der Waals surface area (Å²) >= 11 is 0. The van der Waals surface area contributed by atoms with E-state index in [4.69, 9.17) is 69.9 Å². The van der Waals surface area contributed by atoms with Crippen molar-refractivity contribution in [3.05, 3.63) is 398 Å². The average Bonchev–Trinajstić information content (AvgIpc) is 1.50. The maximum atomic E-state index is 15.4. The van der Waals surface area contributed by atoms with Gasteiger partial charge in [-0.15, -0.1) is 0 Å². The van der Waals surface area contributed by atoms with Crippen LogP contribution in [0.3, 0.4) is 0 Å². The molecule has 12 aliphatic rings. The monoisotopic (exact) mass is 1890 g/mol. The molecule has 0 radical (unpaired) electrons. The fourth-order valence-corrected chi connectivity index (χ4v) is 20.0. The second-order valence-corrected chi connectivity index (χ2v) is 35.5. The number of amidine groups is 10. The number of benzene rings is 12. The van der Waals surface area contributed by atoms with E-state index < -0.39 is 82.8 Å². The molecule has 26 rings (SSSR count). The fraction of sp³-hybridized carbons (Fsp3) is 0.113. The zero-order valence-electron chi connectivity index (χ0n) is 74.8. The standard InChI is InChI=1S/2C53H32F3N11O4/c1-52(53(54,55)56,24-12-16-34-38(20-24)49(69)66(3)48(34)68)25-13-17-35-39(21-25)51(71)67(50(35)70)27-15-19-33-37(23-27)47-64-45(33)62-43-31-11-7-5-9-29(31)41(60-43)58-40-28-8-4-6-10-30(28)42(59-40)61-44-32-18-14-26(57-2)22-36(32)46(63-44)65-47;1-52(53(54,55)56,24-12-16-34-38(20-24)49(69)66(3)48(34)68)25-13-17-35-39(21-25)51(71)67(50(35)70)27-15-19-33-37(23-27)47-64-44-32-18-14-26(57-2)22-36(32)46(63-44)62-43-31-11-7-6-10-30(31)41(60-43)58-40-28-8-4-5-9-29(28)42(59-40)61-45(33)65-47/h4-23,43,57H,1-3H3,(H,58,59,60,61,62,63,64,65);4-23,42,57H,1-3H3,(H,58,59,60,61,62,63,64,65). The summed E-state index contributed by atoms with van der Waals surface area (Å²) < 4.78 is 92.4. The van der Waals surface area contributed by atoms with Gasteiger partial charge in [0.2, 0.25) is 0 Å². The summed E-state index contributed by atoms with van der Waals surface area (Å²) in [6.45, 7) is 1.87. The van der Waals surface area contributed by atoms with Crippen LogP contribution in [0.2, 0.25) is 0 Å². The van der Waals surface area contributed by atoms with Gasteiger partial charge in [-0.1, -0.05) is 121 Å². The van der Waals surface area contributed by atoms with Crippen LogP contribution in [0.25, 0.3) is 21.5 Å². The second-order valence-electron chi connectivity index (χ2n) is 35.5. The number of aromatic amines is 2. The van der Waals surface area contributed by atoms with Gasteiger partial charge in [0, 0.05) is 128 Å². The molecule has 688 valence electrons. The minimum absolute atomic E-state index is 0.0138. The number of fused-ring (bicyclic) bond motifs is 38. The van der Waals surface area contributed by atoms with E-state index in [1.54, 1.807) is 43.4 Å². The Morgan fingerprint density at radius 1 is 0.261 bits per heavy atom. The number of aromatic nitrogens is 2. The number of amides is 8. The van der Waals surface area contributed by atoms with Gasteiger partial charge in [0.15, 0.2) is 70.7 Å². The third-order valence-corrected chi connectivity index (χ3v) is 27.9. The summed E-state index contributed by atoms with van der Waals surface area (Å²) in [4.78, 5) is 189. The summed E-state index contributed by atoms with van der Waals surface area (Å²) in [6, 6.07) is 65.4. The third-order valence-electron chi connectivity index (χ3n) is 27.9. The summed E-state index contributed by atoms with van der Waals surface area (Å²) in [5, 5.41) is 9.21. The number of alkyl halides is 6. The van der Waals surface area contributed by atoms with Crippen LogP contribution in [-0.2, 0) is 10.8 Å². The predicted octanol–water partition coefficient (Wildman–Crippen LogP) is 14.5. The molecule has 0 aliphatic carbocycles. The minimum Gasteiger partial charge on any atom is -0.388 e. The first kappa shape index (κ1) is 85.1. The third kappa shape index (κ3) is 12.5. The molecule has 4 N–H and O–H groups in total. The molecule has 4 unspecified atom stereocenters. The molecule has 4 atom stereocenters. The van der Waals surface area contributed by atoms with E-state index in [2.05, 4.69) is 20.6 Å². The van der Waals surface area contributed by atoms with E-state index in [9.17, 15) is 38.4 Å². The summed E-state index contributed by atoms with van der Waals surface area (Å²) in [7, 11) is 6.12. The molecule has 14 aromatic rings. The van der Waals surface area contributed by atoms with E-state index in [-0.39, 0.29) is 101 Å². The number of rotatable bonds is 8. The van der Waals surface area contributed by atoms with Crippen molar-refractivity contribution in [1.82, 2.24) is 19.8 Å². The molecule has 0 spiro atoms. The number of halogens is 6. The molecule has 36 heteroatoms. The van der Waals surface area contributed by atoms with Gasteiger partial charge < -0.3 is 20.6 Å². The normalized spacial score (nSPS) is 18.1. The van der Waals surface area contributed by atoms with Crippen LogP contribution in [0.1, 0.15) is 198 Å². The number of nitrogens with one attached hydrogen (secondary N) is 4. The van der Waals surface area contributed by atoms with Crippen molar-refractivity contribution in [2.24, 2.45) is 69.9 Å². The van der Waals surface area contributed by atoms with Crippen molar-refractivity contribution < 1.29 is 64.7 Å². The van der Waals surface area contributed by atoms with Crippen molar-refractivity contribution in [1.29, 1.82) is 0 Å². The highest BCUT2D eigenvalue weighted by atomic mass is 19.4. The summed E-state index contributed by atoms with van der Waals surface area (Å²) in [6.07, 6.45) is -11.5. The van der Waals surface area contributed by atoms with Gasteiger partial charge in [0.25, 0.3) is 47.3 Å². The highest BCUT2D eigenvalue weighted by Crippen LogP contribution is 2.52. The SMILES string of the molecule is CNc1ccc2c3[nH]c(c2c1)=NC1=NC(=NC2=NC(N=C4N=C(N=3)c3cc(N5C(=O)c6ccc(C(C)(c7ccc8c(c7)C(=O)N(C)C8=O)C(F)(F)F)cc6C5=O)ccc34)c3ccccc32)c2ccccc21.CNc1ccc2c3[nH]c(c2c1)=NC1=NC(=NC2N=C(N=C4N=C(N=3)c3ccccc34)c3ccccc32)c2ccc(N3C(=O)c4ccc(C(C)(c5ccc6c(c5)C(=O)N(C)C6=O)C(F)(F)F)cc4C3=O)cc21. The number of carbonyl (C=O) groups excluding carboxylic acids is 8.